The highest BCUT2D eigenvalue weighted by molar-refractivity contribution is 5.91. The molecule has 32 heavy (non-hydrogen) atoms. The van der Waals surface area contributed by atoms with Crippen LogP contribution in [0.3, 0.4) is 0 Å². The number of carbonyl (C=O) groups is 1. The van der Waals surface area contributed by atoms with Gasteiger partial charge in [0.15, 0.2) is 5.89 Å². The number of nitrogens with two attached hydrogens (primary N) is 1. The normalized spacial score (nSPS) is 11.2. The van der Waals surface area contributed by atoms with Crippen LogP contribution in [0.2, 0.25) is 0 Å². The average Bonchev–Trinajstić information content (AvgIpc) is 3.23. The largest absolute Gasteiger partial charge is 0.446 e. The van der Waals surface area contributed by atoms with Crippen molar-refractivity contribution in [2.24, 2.45) is 5.73 Å². The summed E-state index contributed by atoms with van der Waals surface area (Å²) in [5.74, 6) is 0.778. The van der Waals surface area contributed by atoms with Crippen molar-refractivity contribution in [3.63, 3.8) is 0 Å². The first-order valence-electron chi connectivity index (χ1n) is 9.98. The summed E-state index contributed by atoms with van der Waals surface area (Å²) in [6, 6.07) is 20.9. The highest BCUT2D eigenvalue weighted by Gasteiger charge is 2.31. The summed E-state index contributed by atoms with van der Waals surface area (Å²) in [6.07, 6.45) is 4.83. The molecular formula is C25H18N4O3. The van der Waals surface area contributed by atoms with Crippen LogP contribution in [0.15, 0.2) is 94.2 Å². The van der Waals surface area contributed by atoms with Gasteiger partial charge >= 0.3 is 0 Å². The molecule has 4 heterocycles. The summed E-state index contributed by atoms with van der Waals surface area (Å²) >= 11 is 0. The molecule has 1 aromatic carbocycles. The molecule has 4 bridgehead atoms. The average molecular weight is 422 g/mol. The molecule has 0 fully saturated rings. The molecule has 156 valence electrons. The number of carbonyl (C=O) groups excluding carboxylic acids is 1. The zero-order valence-corrected chi connectivity index (χ0v) is 16.9. The summed E-state index contributed by atoms with van der Waals surface area (Å²) in [5, 5.41) is 1.78. The van der Waals surface area contributed by atoms with Crippen molar-refractivity contribution in [2.45, 2.75) is 6.42 Å². The van der Waals surface area contributed by atoms with Crippen molar-refractivity contribution in [1.29, 1.82) is 0 Å². The monoisotopic (exact) mass is 422 g/mol. The van der Waals surface area contributed by atoms with E-state index in [0.29, 0.717) is 18.0 Å². The van der Waals surface area contributed by atoms with Gasteiger partial charge in [0.1, 0.15) is 11.5 Å². The lowest BCUT2D eigenvalue weighted by atomic mass is 10.2. The van der Waals surface area contributed by atoms with E-state index in [9.17, 15) is 4.79 Å². The Labute approximate surface area is 182 Å². The fourth-order valence-electron chi connectivity index (χ4n) is 3.35. The molecule has 0 saturated heterocycles. The lowest BCUT2D eigenvalue weighted by Gasteiger charge is -1.97. The Morgan fingerprint density at radius 1 is 0.906 bits per heavy atom. The van der Waals surface area contributed by atoms with Crippen LogP contribution in [-0.4, -0.2) is 20.9 Å². The third kappa shape index (κ3) is 4.04. The minimum Gasteiger partial charge on any atom is -0.446 e. The number of para-hydroxylation sites is 1. The van der Waals surface area contributed by atoms with Crippen LogP contribution in [0.25, 0.3) is 33.3 Å². The van der Waals surface area contributed by atoms with Gasteiger partial charge in [-0.1, -0.05) is 42.5 Å². The first-order valence-corrected chi connectivity index (χ1v) is 9.98. The molecule has 0 radical (unpaired) electrons. The van der Waals surface area contributed by atoms with Crippen LogP contribution in [0, 0.1) is 0 Å². The fourth-order valence-corrected chi connectivity index (χ4v) is 3.35. The molecule has 7 heteroatoms. The summed E-state index contributed by atoms with van der Waals surface area (Å²) in [7, 11) is 0. The second-order valence-corrected chi connectivity index (χ2v) is 7.11. The van der Waals surface area contributed by atoms with Gasteiger partial charge < -0.3 is 14.6 Å². The maximum atomic E-state index is 11.7. The van der Waals surface area contributed by atoms with Gasteiger partial charge in [-0.25, -0.2) is 15.0 Å². The molecule has 0 atom stereocenters. The lowest BCUT2D eigenvalue weighted by molar-refractivity contribution is 0.0995. The van der Waals surface area contributed by atoms with Crippen molar-refractivity contribution in [1.82, 2.24) is 15.0 Å². The number of benzene rings is 1. The third-order valence-corrected chi connectivity index (χ3v) is 4.96. The Hall–Kier alpha value is -4.52. The maximum absolute atomic E-state index is 11.7. The van der Waals surface area contributed by atoms with Crippen molar-refractivity contribution in [2.75, 3.05) is 0 Å². The fraction of sp³-hybridized carbons (Fsp3) is 0.0400. The van der Waals surface area contributed by atoms with Gasteiger partial charge in [0, 0.05) is 40.4 Å². The molecule has 2 N–H and O–H groups in total. The smallest absolute Gasteiger partial charge is 0.267 e. The quantitative estimate of drug-likeness (QED) is 0.414. The van der Waals surface area contributed by atoms with E-state index in [4.69, 9.17) is 14.6 Å². The van der Waals surface area contributed by atoms with Crippen LogP contribution in [0.1, 0.15) is 21.9 Å². The van der Waals surface area contributed by atoms with Crippen molar-refractivity contribution < 1.29 is 13.6 Å². The summed E-state index contributed by atoms with van der Waals surface area (Å²) in [4.78, 5) is 24.6. The molecule has 1 aromatic heterocycles. The van der Waals surface area contributed by atoms with Gasteiger partial charge in [0.05, 0.1) is 18.2 Å². The highest BCUT2D eigenvalue weighted by atomic mass is 16.4. The Morgan fingerprint density at radius 3 is 2.53 bits per heavy atom. The van der Waals surface area contributed by atoms with Crippen LogP contribution in [0.4, 0.5) is 0 Å². The van der Waals surface area contributed by atoms with E-state index < -0.39 is 5.91 Å². The van der Waals surface area contributed by atoms with E-state index in [1.54, 1.807) is 0 Å². The standard InChI is InChI=1S/C25H18N4O3/c26-24(30)21-10-13-31-25-17(14-16-6-4-5-9-20(16)29-25)7-2-1-3-8-18-19-15-22(32-23(18)19)28-12-11-27-21/h1-14H,15H2,(H2,26,30). The molecule has 6 rings (SSSR count). The van der Waals surface area contributed by atoms with E-state index >= 15 is 0 Å². The Balaban J connectivity index is 1.71. The minimum atomic E-state index is -0.691. The number of nitrogens with zero attached hydrogens (tertiary/aromatic N) is 3. The number of aromatic nitrogens is 3. The SMILES string of the molecule is NC(=O)c1ccoc2nc3ccccc3cc2cccccc2c3c-2oc(nccn1)C3. The van der Waals surface area contributed by atoms with E-state index in [-0.39, 0.29) is 5.69 Å². The molecule has 2 aromatic rings. The second-order valence-electron chi connectivity index (χ2n) is 7.11. The van der Waals surface area contributed by atoms with Crippen molar-refractivity contribution in [3.8, 4) is 11.3 Å². The third-order valence-electron chi connectivity index (χ3n) is 4.96. The number of amides is 1. The lowest BCUT2D eigenvalue weighted by Crippen LogP contribution is -2.11. The predicted molar refractivity (Wildman–Crippen MR) is 120 cm³/mol. The second kappa shape index (κ2) is 8.31. The molecule has 1 amide bonds. The predicted octanol–water partition coefficient (Wildman–Crippen LogP) is 4.85. The summed E-state index contributed by atoms with van der Waals surface area (Å²) < 4.78 is 11.4. The van der Waals surface area contributed by atoms with Crippen LogP contribution < -0.4 is 5.73 Å². The van der Waals surface area contributed by atoms with Crippen LogP contribution >= 0.6 is 0 Å². The molecule has 0 saturated carbocycles. The van der Waals surface area contributed by atoms with E-state index in [1.807, 2.05) is 60.7 Å². The van der Waals surface area contributed by atoms with Crippen molar-refractivity contribution >= 4 is 27.9 Å². The topological polar surface area (TPSA) is 108 Å². The highest BCUT2D eigenvalue weighted by Crippen LogP contribution is 2.45. The van der Waals surface area contributed by atoms with Gasteiger partial charge in [-0.05, 0) is 18.2 Å². The van der Waals surface area contributed by atoms with Gasteiger partial charge in [0.25, 0.3) is 5.91 Å². The Kier molecular flexibility index (Phi) is 5.05. The first kappa shape index (κ1) is 19.4. The maximum Gasteiger partial charge on any atom is 0.267 e. The van der Waals surface area contributed by atoms with Crippen molar-refractivity contribution in [3.05, 3.63) is 103 Å². The van der Waals surface area contributed by atoms with Gasteiger partial charge in [-0.2, -0.15) is 0 Å². The van der Waals surface area contributed by atoms with Crippen LogP contribution in [0.5, 0.6) is 0 Å². The van der Waals surface area contributed by atoms with Gasteiger partial charge in [-0.15, -0.1) is 0 Å². The van der Waals surface area contributed by atoms with Gasteiger partial charge in [-0.3, -0.25) is 4.79 Å². The number of pyridine rings is 1. The molecule has 7 nitrogen and oxygen atoms in total. The summed E-state index contributed by atoms with van der Waals surface area (Å²) in [5.41, 5.74) is 8.89. The molecular weight excluding hydrogens is 404 g/mol. The molecule has 0 spiro atoms. The zero-order valence-electron chi connectivity index (χ0n) is 16.9. The number of primary amides is 1. The van der Waals surface area contributed by atoms with Gasteiger partial charge in [0.2, 0.25) is 5.71 Å². The van der Waals surface area contributed by atoms with E-state index in [0.717, 1.165) is 33.2 Å². The van der Waals surface area contributed by atoms with E-state index in [2.05, 4.69) is 15.0 Å². The zero-order chi connectivity index (χ0) is 21.9. The van der Waals surface area contributed by atoms with E-state index in [1.165, 1.54) is 24.7 Å². The number of hydrogen-bond donors (Lipinski definition) is 1. The van der Waals surface area contributed by atoms with Crippen LogP contribution in [-0.2, 0) is 6.42 Å². The molecule has 0 unspecified atom stereocenters. The minimum absolute atomic E-state index is 0.0179. The molecule has 3 aliphatic heterocycles. The number of hydrogen-bond acceptors (Lipinski definition) is 6. The Morgan fingerprint density at radius 2 is 1.69 bits per heavy atom. The molecule has 1 aliphatic carbocycles. The summed E-state index contributed by atoms with van der Waals surface area (Å²) in [6.45, 7) is 0. The number of fused-ring (bicyclic) bond motifs is 12. The first-order chi connectivity index (χ1) is 15.7. The Bertz CT molecular complexity index is 1500. The number of rotatable bonds is 1. The molecule has 4 aliphatic rings.